The van der Waals surface area contributed by atoms with Crippen LogP contribution in [-0.4, -0.2) is 42.9 Å². The van der Waals surface area contributed by atoms with E-state index < -0.39 is 10.0 Å². The molecule has 1 aromatic carbocycles. The van der Waals surface area contributed by atoms with Gasteiger partial charge in [-0.25, -0.2) is 12.7 Å². The average molecular weight is 389 g/mol. The monoisotopic (exact) mass is 389 g/mol. The first-order chi connectivity index (χ1) is 13.0. The molecule has 0 spiro atoms. The first-order valence-electron chi connectivity index (χ1n) is 9.30. The number of hydrogen-bond acceptors (Lipinski definition) is 5. The SMILES string of the molecule is O=C(NC1CCN(S(=O)(=O)Cc2ccccc2)CC1)c1cc(C2CC2)on1. The molecule has 4 rings (SSSR count). The van der Waals surface area contributed by atoms with Crippen molar-refractivity contribution in [2.75, 3.05) is 13.1 Å². The fourth-order valence-corrected chi connectivity index (χ4v) is 4.93. The van der Waals surface area contributed by atoms with Crippen molar-refractivity contribution in [2.24, 2.45) is 0 Å². The van der Waals surface area contributed by atoms with Crippen LogP contribution in [0.1, 0.15) is 53.4 Å². The highest BCUT2D eigenvalue weighted by molar-refractivity contribution is 7.88. The summed E-state index contributed by atoms with van der Waals surface area (Å²) in [5.41, 5.74) is 1.08. The number of carbonyl (C=O) groups excluding carboxylic acids is 1. The third-order valence-electron chi connectivity index (χ3n) is 5.12. The lowest BCUT2D eigenvalue weighted by atomic mass is 10.1. The van der Waals surface area contributed by atoms with E-state index in [0.717, 1.165) is 24.2 Å². The van der Waals surface area contributed by atoms with Gasteiger partial charge < -0.3 is 9.84 Å². The van der Waals surface area contributed by atoms with Crippen molar-refractivity contribution in [3.05, 3.63) is 53.4 Å². The third-order valence-corrected chi connectivity index (χ3v) is 6.97. The molecule has 1 saturated heterocycles. The van der Waals surface area contributed by atoms with Crippen molar-refractivity contribution < 1.29 is 17.7 Å². The van der Waals surface area contributed by atoms with Crippen molar-refractivity contribution in [3.8, 4) is 0 Å². The van der Waals surface area contributed by atoms with E-state index in [2.05, 4.69) is 10.5 Å². The summed E-state index contributed by atoms with van der Waals surface area (Å²) in [5, 5.41) is 6.80. The quantitative estimate of drug-likeness (QED) is 0.818. The normalized spacial score (nSPS) is 19.1. The van der Waals surface area contributed by atoms with Crippen molar-refractivity contribution in [3.63, 3.8) is 0 Å². The van der Waals surface area contributed by atoms with Crippen LogP contribution in [0.4, 0.5) is 0 Å². The fourth-order valence-electron chi connectivity index (χ4n) is 3.37. The summed E-state index contributed by atoms with van der Waals surface area (Å²) in [4.78, 5) is 12.3. The molecular formula is C19H23N3O4S. The van der Waals surface area contributed by atoms with Gasteiger partial charge in [-0.1, -0.05) is 35.5 Å². The number of piperidine rings is 1. The molecule has 7 nitrogen and oxygen atoms in total. The largest absolute Gasteiger partial charge is 0.360 e. The van der Waals surface area contributed by atoms with Gasteiger partial charge in [0.15, 0.2) is 5.69 Å². The molecule has 2 aliphatic rings. The smallest absolute Gasteiger partial charge is 0.273 e. The van der Waals surface area contributed by atoms with Crippen LogP contribution in [0.25, 0.3) is 0 Å². The number of carbonyl (C=O) groups is 1. The molecule has 0 atom stereocenters. The summed E-state index contributed by atoms with van der Waals surface area (Å²) < 4.78 is 31.9. The van der Waals surface area contributed by atoms with Crippen LogP contribution in [-0.2, 0) is 15.8 Å². The van der Waals surface area contributed by atoms with Gasteiger partial charge in [-0.3, -0.25) is 4.79 Å². The maximum atomic E-state index is 12.6. The second kappa shape index (κ2) is 7.44. The minimum atomic E-state index is -3.35. The zero-order valence-corrected chi connectivity index (χ0v) is 15.8. The Balaban J connectivity index is 1.29. The minimum Gasteiger partial charge on any atom is -0.360 e. The Hall–Kier alpha value is -2.19. The molecule has 0 bridgehead atoms. The number of amides is 1. The van der Waals surface area contributed by atoms with Crippen molar-refractivity contribution in [2.45, 2.75) is 43.4 Å². The molecule has 144 valence electrons. The molecule has 1 saturated carbocycles. The molecule has 27 heavy (non-hydrogen) atoms. The third kappa shape index (κ3) is 4.39. The lowest BCUT2D eigenvalue weighted by Crippen LogP contribution is -2.46. The van der Waals surface area contributed by atoms with Gasteiger partial charge in [0.1, 0.15) is 5.76 Å². The summed E-state index contributed by atoms with van der Waals surface area (Å²) >= 11 is 0. The van der Waals surface area contributed by atoms with Crippen LogP contribution >= 0.6 is 0 Å². The van der Waals surface area contributed by atoms with Crippen LogP contribution in [0, 0.1) is 0 Å². The molecule has 1 amide bonds. The van der Waals surface area contributed by atoms with E-state index in [9.17, 15) is 13.2 Å². The molecule has 2 heterocycles. The Kier molecular flexibility index (Phi) is 5.01. The number of nitrogens with one attached hydrogen (secondary N) is 1. The number of rotatable bonds is 6. The lowest BCUT2D eigenvalue weighted by Gasteiger charge is -2.31. The Bertz CT molecular complexity index is 898. The van der Waals surface area contributed by atoms with Crippen molar-refractivity contribution in [1.82, 2.24) is 14.8 Å². The fraction of sp³-hybridized carbons (Fsp3) is 0.474. The highest BCUT2D eigenvalue weighted by Crippen LogP contribution is 2.40. The van der Waals surface area contributed by atoms with Crippen molar-refractivity contribution in [1.29, 1.82) is 0 Å². The molecule has 1 aliphatic carbocycles. The van der Waals surface area contributed by atoms with E-state index in [1.807, 2.05) is 30.3 Å². The molecule has 8 heteroatoms. The van der Waals surface area contributed by atoms with Gasteiger partial charge in [-0.15, -0.1) is 0 Å². The number of hydrogen-bond donors (Lipinski definition) is 1. The summed E-state index contributed by atoms with van der Waals surface area (Å²) in [5.74, 6) is 0.948. The van der Waals surface area contributed by atoms with Crippen LogP contribution in [0.15, 0.2) is 40.9 Å². The summed E-state index contributed by atoms with van der Waals surface area (Å²) in [7, 11) is -3.35. The number of nitrogens with zero attached hydrogens (tertiary/aromatic N) is 2. The van der Waals surface area contributed by atoms with Gasteiger partial charge in [-0.2, -0.15) is 0 Å². The van der Waals surface area contributed by atoms with Gasteiger partial charge in [0.05, 0.1) is 5.75 Å². The van der Waals surface area contributed by atoms with Gasteiger partial charge >= 0.3 is 0 Å². The molecule has 1 N–H and O–H groups in total. The van der Waals surface area contributed by atoms with Crippen LogP contribution in [0.2, 0.25) is 0 Å². The predicted octanol–water partition coefficient (Wildman–Crippen LogP) is 2.28. The molecule has 2 fully saturated rings. The first kappa shape index (κ1) is 18.2. The first-order valence-corrected chi connectivity index (χ1v) is 10.9. The standard InChI is InChI=1S/C19H23N3O4S/c23-19(17-12-18(26-21-17)15-6-7-15)20-16-8-10-22(11-9-16)27(24,25)13-14-4-2-1-3-5-14/h1-5,12,15-16H,6-11,13H2,(H,20,23). The van der Waals surface area contributed by atoms with Gasteiger partial charge in [0.25, 0.3) is 5.91 Å². The van der Waals surface area contributed by atoms with E-state index in [4.69, 9.17) is 4.52 Å². The summed E-state index contributed by atoms with van der Waals surface area (Å²) in [6.45, 7) is 0.818. The Labute approximate surface area is 158 Å². The lowest BCUT2D eigenvalue weighted by molar-refractivity contribution is 0.0914. The van der Waals surface area contributed by atoms with E-state index in [1.165, 1.54) is 4.31 Å². The summed E-state index contributed by atoms with van der Waals surface area (Å²) in [6, 6.07) is 10.8. The minimum absolute atomic E-state index is 0.00769. The summed E-state index contributed by atoms with van der Waals surface area (Å²) in [6.07, 6.45) is 3.36. The molecule has 1 aliphatic heterocycles. The zero-order chi connectivity index (χ0) is 18.9. The number of benzene rings is 1. The average Bonchev–Trinajstić information content (AvgIpc) is 3.39. The number of sulfonamides is 1. The molecule has 0 unspecified atom stereocenters. The van der Waals surface area contributed by atoms with Gasteiger partial charge in [0, 0.05) is 31.1 Å². The molecule has 2 aromatic rings. The second-order valence-electron chi connectivity index (χ2n) is 7.28. The van der Waals surface area contributed by atoms with Crippen LogP contribution < -0.4 is 5.32 Å². The van der Waals surface area contributed by atoms with Crippen LogP contribution in [0.3, 0.4) is 0 Å². The van der Waals surface area contributed by atoms with Gasteiger partial charge in [-0.05, 0) is 31.2 Å². The predicted molar refractivity (Wildman–Crippen MR) is 99.6 cm³/mol. The molecule has 0 radical (unpaired) electrons. The van der Waals surface area contributed by atoms with E-state index in [1.54, 1.807) is 6.07 Å². The van der Waals surface area contributed by atoms with E-state index >= 15 is 0 Å². The van der Waals surface area contributed by atoms with E-state index in [-0.39, 0.29) is 17.7 Å². The Morgan fingerprint density at radius 2 is 1.85 bits per heavy atom. The van der Waals surface area contributed by atoms with Gasteiger partial charge in [0.2, 0.25) is 10.0 Å². The highest BCUT2D eigenvalue weighted by Gasteiger charge is 2.31. The Morgan fingerprint density at radius 1 is 1.15 bits per heavy atom. The maximum absolute atomic E-state index is 12.6. The van der Waals surface area contributed by atoms with Crippen LogP contribution in [0.5, 0.6) is 0 Å². The highest BCUT2D eigenvalue weighted by atomic mass is 32.2. The zero-order valence-electron chi connectivity index (χ0n) is 15.0. The molecular weight excluding hydrogens is 366 g/mol. The molecule has 1 aromatic heterocycles. The number of aromatic nitrogens is 1. The van der Waals surface area contributed by atoms with E-state index in [0.29, 0.717) is 37.5 Å². The Morgan fingerprint density at radius 3 is 2.52 bits per heavy atom. The maximum Gasteiger partial charge on any atom is 0.273 e. The second-order valence-corrected chi connectivity index (χ2v) is 9.25. The van der Waals surface area contributed by atoms with Crippen molar-refractivity contribution >= 4 is 15.9 Å². The topological polar surface area (TPSA) is 92.5 Å².